The molecule has 8 aromatic heterocycles. The molecule has 0 amide bonds. The number of hydrogen-bond acceptors (Lipinski definition) is 12. The number of rotatable bonds is 19. The summed E-state index contributed by atoms with van der Waals surface area (Å²) < 4.78 is 8.80. The molecule has 4 radical (unpaired) electrons. The first-order valence-electron chi connectivity index (χ1n) is 37.2. The van der Waals surface area contributed by atoms with Gasteiger partial charge in [-0.05, 0) is 138 Å². The maximum atomic E-state index is 4.76. The summed E-state index contributed by atoms with van der Waals surface area (Å²) in [6, 6.07) is 44.7. The van der Waals surface area contributed by atoms with Crippen molar-refractivity contribution < 1.29 is 80.4 Å². The van der Waals surface area contributed by atoms with E-state index < -0.39 is 0 Å². The van der Waals surface area contributed by atoms with E-state index in [-0.39, 0.29) is 97.2 Å². The summed E-state index contributed by atoms with van der Waals surface area (Å²) in [4.78, 5) is 18.6. The van der Waals surface area contributed by atoms with Crippen molar-refractivity contribution in [1.29, 1.82) is 0 Å². The van der Waals surface area contributed by atoms with Crippen molar-refractivity contribution in [2.45, 2.75) is 251 Å². The molecule has 1 fully saturated rings. The molecule has 0 unspecified atom stereocenters. The van der Waals surface area contributed by atoms with Gasteiger partial charge in [0.15, 0.2) is 0 Å². The van der Waals surface area contributed by atoms with E-state index in [4.69, 9.17) is 4.98 Å². The summed E-state index contributed by atoms with van der Waals surface area (Å²) >= 11 is 0. The molecule has 0 N–H and O–H groups in total. The summed E-state index contributed by atoms with van der Waals surface area (Å²) in [5, 5.41) is 36.0. The van der Waals surface area contributed by atoms with Crippen LogP contribution < -0.4 is 0 Å². The van der Waals surface area contributed by atoms with Crippen LogP contribution in [0.15, 0.2) is 116 Å². The maximum Gasteiger partial charge on any atom is 0.133 e. The third-order valence-corrected chi connectivity index (χ3v) is 18.1. The molecule has 1 aliphatic rings. The van der Waals surface area contributed by atoms with Crippen molar-refractivity contribution in [3.05, 3.63) is 203 Å². The predicted octanol–water partition coefficient (Wildman–Crippen LogP) is 20.4. The monoisotopic (exact) mass is 2140 g/mol. The van der Waals surface area contributed by atoms with E-state index in [1.165, 1.54) is 60.1 Å². The second-order valence-electron chi connectivity index (χ2n) is 31.2. The largest absolute Gasteiger partial charge is 0.356 e. The second kappa shape index (κ2) is 41.3. The van der Waals surface area contributed by atoms with E-state index in [1.54, 1.807) is 6.20 Å². The van der Waals surface area contributed by atoms with E-state index >= 15 is 0 Å². The Labute approximate surface area is 687 Å². The van der Waals surface area contributed by atoms with Crippen LogP contribution >= 0.6 is 0 Å². The van der Waals surface area contributed by atoms with Gasteiger partial charge in [0.2, 0.25) is 0 Å². The maximum absolute atomic E-state index is 4.76. The van der Waals surface area contributed by atoms with Gasteiger partial charge in [-0.15, -0.1) is 68.9 Å². The molecule has 574 valence electrons. The van der Waals surface area contributed by atoms with E-state index in [0.29, 0.717) is 29.6 Å². The molecule has 16 nitrogen and oxygen atoms in total. The van der Waals surface area contributed by atoms with Crippen LogP contribution in [0, 0.1) is 56.9 Å². The second-order valence-corrected chi connectivity index (χ2v) is 31.2. The van der Waals surface area contributed by atoms with Crippen LogP contribution in [0.25, 0.3) is 68.2 Å². The van der Waals surface area contributed by atoms with Crippen molar-refractivity contribution >= 4 is 0 Å². The fourth-order valence-corrected chi connectivity index (χ4v) is 12.9. The topological polar surface area (TPSA) is 174 Å². The van der Waals surface area contributed by atoms with Crippen molar-refractivity contribution in [1.82, 2.24) is 79.0 Å². The van der Waals surface area contributed by atoms with Gasteiger partial charge in [0.05, 0.1) is 23.3 Å². The first-order valence-corrected chi connectivity index (χ1v) is 37.2. The Morgan fingerprint density at radius 3 is 1.64 bits per heavy atom. The Hall–Kier alpha value is -6.58. The van der Waals surface area contributed by atoms with Gasteiger partial charge in [-0.25, -0.2) is 0 Å². The molecule has 11 aromatic rings. The van der Waals surface area contributed by atoms with Gasteiger partial charge in [-0.1, -0.05) is 252 Å². The zero-order valence-electron chi connectivity index (χ0n) is 66.2. The fraction of sp³-hybridized carbons (Fsp3) is 0.465. The normalized spacial score (nSPS) is 12.3. The molecular weight excluding hydrogens is 2030 g/mol. The number of hydrogen-bond donors (Lipinski definition) is 0. The quantitative estimate of drug-likeness (QED) is 0.0702. The smallest absolute Gasteiger partial charge is 0.133 e. The molecular formula is C86H110Ir4N16-4. The zero-order chi connectivity index (χ0) is 73.6. The van der Waals surface area contributed by atoms with Gasteiger partial charge in [0.25, 0.3) is 0 Å². The molecule has 0 spiro atoms. The average molecular weight is 2140 g/mol. The molecule has 12 rings (SSSR count). The van der Waals surface area contributed by atoms with E-state index in [2.05, 4.69) is 298 Å². The van der Waals surface area contributed by atoms with Crippen LogP contribution in [-0.2, 0) is 117 Å². The minimum atomic E-state index is -0.137. The molecule has 0 bridgehead atoms. The zero-order valence-corrected chi connectivity index (χ0v) is 75.8. The van der Waals surface area contributed by atoms with Gasteiger partial charge >= 0.3 is 0 Å². The van der Waals surface area contributed by atoms with Crippen molar-refractivity contribution in [3.8, 4) is 68.2 Å². The molecule has 1 saturated carbocycles. The van der Waals surface area contributed by atoms with Crippen molar-refractivity contribution in [2.75, 3.05) is 0 Å². The van der Waals surface area contributed by atoms with Gasteiger partial charge < -0.3 is 38.2 Å². The molecule has 0 saturated heterocycles. The fourth-order valence-electron chi connectivity index (χ4n) is 12.9. The molecule has 0 atom stereocenters. The molecule has 1 aliphatic carbocycles. The van der Waals surface area contributed by atoms with Gasteiger partial charge in [-0.3, -0.25) is 0 Å². The molecule has 0 aliphatic heterocycles. The molecule has 3 aromatic carbocycles. The Balaban J connectivity index is 0.000000251. The van der Waals surface area contributed by atoms with Crippen LogP contribution in [0.2, 0.25) is 0 Å². The average Bonchev–Trinajstić information content (AvgIpc) is 1.61. The van der Waals surface area contributed by atoms with Crippen molar-refractivity contribution in [2.24, 2.45) is 11.8 Å². The Morgan fingerprint density at radius 1 is 0.509 bits per heavy atom. The summed E-state index contributed by atoms with van der Waals surface area (Å²) in [5.41, 5.74) is 15.9. The number of nitrogens with zero attached hydrogens (tertiary/aromatic N) is 16. The summed E-state index contributed by atoms with van der Waals surface area (Å²) in [5.74, 6) is 10.2. The Bertz CT molecular complexity index is 4450. The number of pyridine rings is 4. The molecule has 106 heavy (non-hydrogen) atoms. The van der Waals surface area contributed by atoms with E-state index in [9.17, 15) is 0 Å². The van der Waals surface area contributed by atoms with Crippen LogP contribution in [-0.4, -0.2) is 79.0 Å². The number of aromatic nitrogens is 16. The van der Waals surface area contributed by atoms with Crippen LogP contribution in [0.1, 0.15) is 256 Å². The summed E-state index contributed by atoms with van der Waals surface area (Å²) in [7, 11) is 0. The standard InChI is InChI=1S/C23H29N4.C22H27N4.C21H31N4.C20H23N4.4Ir/c1-15-11-16(2)13-18(12-15)27-20(25-26-21(27)23(6,7)8)17-9-10-19(24-14-17)22(3,4)5;1-14(2)17-7-10-19(11-8-17)26-21(16(5)6)24-25-22(26)18-9-12-20(15(3)4)23-13-18;1-15(2)13-19-23-24-21(25(19)14-16(3)4)18-11-8-12-22-20(18)17-9-6-5-7-10-17;1-4-9-18-22-23-20(24(18)14-5-2)17-12-8-13-21-19(17)16-11-7-6-10-15(16)3;;;;/h10-14H,1-8H3;7-8,10-16H,1-6H3;8,12,15-17H,5-7,9-10,13-14H2,1-4H3;6-8,10-11,13H,4-5,9,14H2,1-3H3;;;;/q4*-1;;;;. The Kier molecular flexibility index (Phi) is 35.1. The Morgan fingerprint density at radius 2 is 1.09 bits per heavy atom. The first-order chi connectivity index (χ1) is 48.7. The minimum absolute atomic E-state index is 0. The molecule has 8 heterocycles. The van der Waals surface area contributed by atoms with Gasteiger partial charge in [0.1, 0.15) is 23.3 Å². The van der Waals surface area contributed by atoms with Gasteiger partial charge in [-0.2, -0.15) is 20.4 Å². The van der Waals surface area contributed by atoms with Crippen LogP contribution in [0.5, 0.6) is 0 Å². The van der Waals surface area contributed by atoms with Gasteiger partial charge in [0, 0.05) is 129 Å². The van der Waals surface area contributed by atoms with E-state index in [1.807, 2.05) is 55.0 Å². The molecule has 20 heteroatoms. The number of aryl methyl sites for hydroxylation is 4. The minimum Gasteiger partial charge on any atom is -0.356 e. The predicted molar refractivity (Wildman–Crippen MR) is 414 cm³/mol. The summed E-state index contributed by atoms with van der Waals surface area (Å²) in [6.07, 6.45) is 17.8. The first kappa shape index (κ1) is 90.0. The third kappa shape index (κ3) is 23.0. The third-order valence-electron chi connectivity index (χ3n) is 18.1. The summed E-state index contributed by atoms with van der Waals surface area (Å²) in [6.45, 7) is 47.4. The number of benzene rings is 3. The SMILES string of the molecule is CC(C)Cc1nnc(-c2[c-]ccnc2C2CCCCC2)n1CC(C)C.CC(C)c1ccc(-n2c(-c3[c-]cc(C(C)C)nc3)nnc2C(C)C)cc1.CCCc1nnc(-c2[c-]ccnc2-c2ccccc2C)n1CCC.Cc1cc(C)cc(-n2c(-c3[c-]cc(C(C)(C)C)nc3)nnc2C(C)(C)C)c1.[Ir].[Ir].[Ir].[Ir]. The van der Waals surface area contributed by atoms with Crippen molar-refractivity contribution in [3.63, 3.8) is 0 Å². The van der Waals surface area contributed by atoms with Crippen LogP contribution in [0.3, 0.4) is 0 Å². The van der Waals surface area contributed by atoms with Crippen LogP contribution in [0.4, 0.5) is 0 Å². The van der Waals surface area contributed by atoms with E-state index in [0.717, 1.165) is 142 Å².